The number of ether oxygens (including phenoxy) is 2. The van der Waals surface area contributed by atoms with Gasteiger partial charge in [0.25, 0.3) is 0 Å². The van der Waals surface area contributed by atoms with E-state index in [9.17, 15) is 4.57 Å². The standard InChI is InChI=1S/C18H37O5P/c1-20-24(19,21-2)17-13-9-7-5-3-4-6-8-11-15-22-18-14-10-12-16-23-18/h18H,3-17H2,1-2H3. The van der Waals surface area contributed by atoms with Crippen LogP contribution in [0.5, 0.6) is 0 Å². The summed E-state index contributed by atoms with van der Waals surface area (Å²) in [6.45, 7) is 1.70. The van der Waals surface area contributed by atoms with Crippen LogP contribution in [0.25, 0.3) is 0 Å². The van der Waals surface area contributed by atoms with E-state index in [0.29, 0.717) is 6.16 Å². The second-order valence-corrected chi connectivity index (χ2v) is 8.95. The molecule has 1 rings (SSSR count). The number of hydrogen-bond donors (Lipinski definition) is 0. The Morgan fingerprint density at radius 2 is 1.46 bits per heavy atom. The molecule has 1 saturated heterocycles. The minimum atomic E-state index is -2.79. The highest BCUT2D eigenvalue weighted by molar-refractivity contribution is 7.53. The van der Waals surface area contributed by atoms with Gasteiger partial charge in [0.15, 0.2) is 6.29 Å². The Hall–Kier alpha value is 0.0700. The largest absolute Gasteiger partial charge is 0.353 e. The fourth-order valence-electron chi connectivity index (χ4n) is 2.96. The van der Waals surface area contributed by atoms with Gasteiger partial charge in [-0.3, -0.25) is 4.57 Å². The molecule has 0 aromatic heterocycles. The van der Waals surface area contributed by atoms with E-state index in [4.69, 9.17) is 18.5 Å². The van der Waals surface area contributed by atoms with Crippen molar-refractivity contribution >= 4 is 7.60 Å². The van der Waals surface area contributed by atoms with Crippen LogP contribution in [0.1, 0.15) is 77.0 Å². The van der Waals surface area contributed by atoms with Crippen molar-refractivity contribution < 1.29 is 23.1 Å². The SMILES string of the molecule is COP(=O)(CCCCCCCCCCCOC1CCCCO1)OC. The summed E-state index contributed by atoms with van der Waals surface area (Å²) in [6, 6.07) is 0. The van der Waals surface area contributed by atoms with Crippen molar-refractivity contribution in [1.29, 1.82) is 0 Å². The van der Waals surface area contributed by atoms with Gasteiger partial charge in [-0.05, 0) is 32.1 Å². The van der Waals surface area contributed by atoms with E-state index < -0.39 is 7.60 Å². The van der Waals surface area contributed by atoms with Crippen molar-refractivity contribution in [2.45, 2.75) is 83.3 Å². The van der Waals surface area contributed by atoms with Gasteiger partial charge in [-0.15, -0.1) is 0 Å². The van der Waals surface area contributed by atoms with Crippen LogP contribution in [0, 0.1) is 0 Å². The summed E-state index contributed by atoms with van der Waals surface area (Å²) in [5.41, 5.74) is 0. The topological polar surface area (TPSA) is 54.0 Å². The molecular formula is C18H37O5P. The van der Waals surface area contributed by atoms with Crippen LogP contribution in [0.2, 0.25) is 0 Å². The van der Waals surface area contributed by atoms with Crippen LogP contribution in [0.4, 0.5) is 0 Å². The minimum Gasteiger partial charge on any atom is -0.353 e. The molecular weight excluding hydrogens is 327 g/mol. The molecule has 0 aliphatic carbocycles. The van der Waals surface area contributed by atoms with Gasteiger partial charge in [0, 0.05) is 27.4 Å². The molecule has 0 bridgehead atoms. The fraction of sp³-hybridized carbons (Fsp3) is 1.00. The van der Waals surface area contributed by atoms with E-state index in [1.165, 1.54) is 65.6 Å². The molecule has 1 atom stereocenters. The summed E-state index contributed by atoms with van der Waals surface area (Å²) >= 11 is 0. The molecule has 1 aliphatic rings. The van der Waals surface area contributed by atoms with Gasteiger partial charge in [-0.2, -0.15) is 0 Å². The van der Waals surface area contributed by atoms with Gasteiger partial charge in [0.2, 0.25) is 0 Å². The van der Waals surface area contributed by atoms with Crippen molar-refractivity contribution in [1.82, 2.24) is 0 Å². The molecule has 0 N–H and O–H groups in total. The van der Waals surface area contributed by atoms with Crippen LogP contribution in [-0.2, 0) is 23.1 Å². The Balaban J connectivity index is 1.78. The second kappa shape index (κ2) is 14.3. The van der Waals surface area contributed by atoms with Crippen molar-refractivity contribution in [2.24, 2.45) is 0 Å². The Kier molecular flexibility index (Phi) is 13.1. The van der Waals surface area contributed by atoms with E-state index in [2.05, 4.69) is 0 Å². The van der Waals surface area contributed by atoms with E-state index in [-0.39, 0.29) is 6.29 Å². The molecule has 0 amide bonds. The molecule has 0 aromatic carbocycles. The highest BCUT2D eigenvalue weighted by atomic mass is 31.2. The average molecular weight is 364 g/mol. The number of rotatable bonds is 15. The van der Waals surface area contributed by atoms with E-state index in [1.54, 1.807) is 0 Å². The first-order chi connectivity index (χ1) is 11.7. The third-order valence-corrected chi connectivity index (χ3v) is 6.55. The Morgan fingerprint density at radius 1 is 0.875 bits per heavy atom. The van der Waals surface area contributed by atoms with E-state index in [0.717, 1.165) is 38.9 Å². The van der Waals surface area contributed by atoms with Crippen molar-refractivity contribution in [3.8, 4) is 0 Å². The summed E-state index contributed by atoms with van der Waals surface area (Å²) in [7, 11) is 0.122. The lowest BCUT2D eigenvalue weighted by Gasteiger charge is -2.22. The van der Waals surface area contributed by atoms with E-state index in [1.807, 2.05) is 0 Å². The summed E-state index contributed by atoms with van der Waals surface area (Å²) in [5.74, 6) is 0. The number of unbranched alkanes of at least 4 members (excludes halogenated alkanes) is 8. The average Bonchev–Trinajstić information content (AvgIpc) is 2.63. The molecule has 5 nitrogen and oxygen atoms in total. The zero-order chi connectivity index (χ0) is 17.5. The molecule has 144 valence electrons. The fourth-order valence-corrected chi connectivity index (χ4v) is 4.08. The van der Waals surface area contributed by atoms with Gasteiger partial charge in [-0.25, -0.2) is 0 Å². The van der Waals surface area contributed by atoms with Crippen LogP contribution in [0.3, 0.4) is 0 Å². The molecule has 6 heteroatoms. The molecule has 24 heavy (non-hydrogen) atoms. The molecule has 1 heterocycles. The van der Waals surface area contributed by atoms with Crippen LogP contribution in [-0.4, -0.2) is 39.9 Å². The summed E-state index contributed by atoms with van der Waals surface area (Å²) in [4.78, 5) is 0. The lowest BCUT2D eigenvalue weighted by atomic mass is 10.1. The highest BCUT2D eigenvalue weighted by Gasteiger charge is 2.19. The zero-order valence-electron chi connectivity index (χ0n) is 15.7. The predicted molar refractivity (Wildman–Crippen MR) is 97.6 cm³/mol. The molecule has 1 fully saturated rings. The predicted octanol–water partition coefficient (Wildman–Crippen LogP) is 5.53. The monoisotopic (exact) mass is 364 g/mol. The molecule has 0 spiro atoms. The van der Waals surface area contributed by atoms with Gasteiger partial charge in [0.1, 0.15) is 0 Å². The molecule has 0 aromatic rings. The molecule has 0 saturated carbocycles. The Bertz CT molecular complexity index is 323. The number of hydrogen-bond acceptors (Lipinski definition) is 5. The second-order valence-electron chi connectivity index (χ2n) is 6.55. The van der Waals surface area contributed by atoms with Gasteiger partial charge in [0.05, 0.1) is 6.16 Å². The summed E-state index contributed by atoms with van der Waals surface area (Å²) < 4.78 is 33.0. The maximum Gasteiger partial charge on any atom is 0.330 e. The lowest BCUT2D eigenvalue weighted by Crippen LogP contribution is -2.22. The third-order valence-electron chi connectivity index (χ3n) is 4.57. The maximum absolute atomic E-state index is 11.8. The summed E-state index contributed by atoms with van der Waals surface area (Å²) in [6.07, 6.45) is 14.8. The first-order valence-corrected chi connectivity index (χ1v) is 11.4. The first-order valence-electron chi connectivity index (χ1n) is 9.64. The third kappa shape index (κ3) is 10.8. The normalized spacial score (nSPS) is 18.8. The Labute approximate surface area is 148 Å². The smallest absolute Gasteiger partial charge is 0.330 e. The van der Waals surface area contributed by atoms with Gasteiger partial charge in [-0.1, -0.05) is 44.9 Å². The van der Waals surface area contributed by atoms with Crippen LogP contribution in [0.15, 0.2) is 0 Å². The zero-order valence-corrected chi connectivity index (χ0v) is 16.6. The van der Waals surface area contributed by atoms with E-state index >= 15 is 0 Å². The summed E-state index contributed by atoms with van der Waals surface area (Å²) in [5, 5.41) is 0. The highest BCUT2D eigenvalue weighted by Crippen LogP contribution is 2.47. The minimum absolute atomic E-state index is 0.0604. The first kappa shape index (κ1) is 22.1. The van der Waals surface area contributed by atoms with Crippen molar-refractivity contribution in [3.63, 3.8) is 0 Å². The molecule has 0 radical (unpaired) electrons. The lowest BCUT2D eigenvalue weighted by molar-refractivity contribution is -0.162. The van der Waals surface area contributed by atoms with Gasteiger partial charge < -0.3 is 18.5 Å². The van der Waals surface area contributed by atoms with Crippen LogP contribution < -0.4 is 0 Å². The van der Waals surface area contributed by atoms with Crippen LogP contribution >= 0.6 is 7.60 Å². The molecule has 1 unspecified atom stereocenters. The van der Waals surface area contributed by atoms with Gasteiger partial charge >= 0.3 is 7.60 Å². The van der Waals surface area contributed by atoms with Crippen molar-refractivity contribution in [3.05, 3.63) is 0 Å². The maximum atomic E-state index is 11.8. The van der Waals surface area contributed by atoms with Crippen molar-refractivity contribution in [2.75, 3.05) is 33.6 Å². The molecule has 1 aliphatic heterocycles. The quantitative estimate of drug-likeness (QED) is 0.283. The Morgan fingerprint density at radius 3 is 2.00 bits per heavy atom.